The highest BCUT2D eigenvalue weighted by Gasteiger charge is 2.28. The molecule has 0 aliphatic carbocycles. The molecular formula is C18H19N3O2S. The average molecular weight is 341 g/mol. The predicted octanol–water partition coefficient (Wildman–Crippen LogP) is 2.87. The minimum Gasteiger partial charge on any atom is -0.382 e. The number of carbonyl (C=O) groups excluding carboxylic acids is 1. The molecule has 2 aromatic heterocycles. The molecule has 0 N–H and O–H groups in total. The molecule has 1 aromatic carbocycles. The van der Waals surface area contributed by atoms with Crippen LogP contribution in [-0.4, -0.2) is 40.8 Å². The van der Waals surface area contributed by atoms with Crippen LogP contribution in [0.5, 0.6) is 0 Å². The molecule has 1 aliphatic rings. The van der Waals surface area contributed by atoms with E-state index in [2.05, 4.69) is 22.6 Å². The first-order chi connectivity index (χ1) is 11.8. The molecule has 1 atom stereocenters. The Morgan fingerprint density at radius 2 is 2.25 bits per heavy atom. The number of nitrogens with zero attached hydrogens (tertiary/aromatic N) is 3. The van der Waals surface area contributed by atoms with E-state index in [9.17, 15) is 4.79 Å². The zero-order chi connectivity index (χ0) is 16.5. The summed E-state index contributed by atoms with van der Waals surface area (Å²) in [5.41, 5.74) is 2.18. The smallest absolute Gasteiger partial charge is 0.227 e. The summed E-state index contributed by atoms with van der Waals surface area (Å²) in [4.78, 5) is 14.8. The summed E-state index contributed by atoms with van der Waals surface area (Å²) in [6.45, 7) is 1.81. The first-order valence-corrected chi connectivity index (χ1v) is 8.88. The van der Waals surface area contributed by atoms with Crippen molar-refractivity contribution in [2.45, 2.75) is 19.0 Å². The molecule has 24 heavy (non-hydrogen) atoms. The third-order valence-electron chi connectivity index (χ3n) is 4.50. The van der Waals surface area contributed by atoms with Crippen molar-refractivity contribution in [1.82, 2.24) is 14.7 Å². The van der Waals surface area contributed by atoms with Crippen molar-refractivity contribution in [3.05, 3.63) is 53.2 Å². The number of rotatable bonds is 4. The van der Waals surface area contributed by atoms with Crippen LogP contribution in [0.3, 0.4) is 0 Å². The minimum atomic E-state index is 0.0805. The van der Waals surface area contributed by atoms with Crippen molar-refractivity contribution < 1.29 is 9.53 Å². The van der Waals surface area contributed by atoms with Gasteiger partial charge in [0.2, 0.25) is 5.91 Å². The molecular weight excluding hydrogens is 322 g/mol. The number of fused-ring (bicyclic) bond motifs is 2. The molecule has 0 fully saturated rings. The molecule has 0 saturated carbocycles. The van der Waals surface area contributed by atoms with E-state index >= 15 is 0 Å². The lowest BCUT2D eigenvalue weighted by Crippen LogP contribution is -2.43. The van der Waals surface area contributed by atoms with Crippen molar-refractivity contribution in [2.75, 3.05) is 20.3 Å². The van der Waals surface area contributed by atoms with Crippen molar-refractivity contribution >= 4 is 27.3 Å². The first-order valence-electron chi connectivity index (χ1n) is 8.00. The predicted molar refractivity (Wildman–Crippen MR) is 94.1 cm³/mol. The molecule has 0 saturated heterocycles. The second kappa shape index (κ2) is 6.37. The van der Waals surface area contributed by atoms with Gasteiger partial charge in [-0.3, -0.25) is 9.48 Å². The number of benzene rings is 1. The quantitative estimate of drug-likeness (QED) is 0.733. The molecule has 0 bridgehead atoms. The van der Waals surface area contributed by atoms with E-state index in [1.54, 1.807) is 24.6 Å². The van der Waals surface area contributed by atoms with Gasteiger partial charge in [0, 0.05) is 24.6 Å². The van der Waals surface area contributed by atoms with Crippen molar-refractivity contribution in [3.8, 4) is 0 Å². The lowest BCUT2D eigenvalue weighted by molar-refractivity contribution is -0.132. The van der Waals surface area contributed by atoms with Crippen LogP contribution in [0.1, 0.15) is 17.3 Å². The maximum atomic E-state index is 12.9. The second-order valence-electron chi connectivity index (χ2n) is 6.08. The molecule has 0 spiro atoms. The highest BCUT2D eigenvalue weighted by atomic mass is 32.1. The van der Waals surface area contributed by atoms with Gasteiger partial charge in [0.1, 0.15) is 0 Å². The molecule has 0 radical (unpaired) electrons. The lowest BCUT2D eigenvalue weighted by Gasteiger charge is -2.33. The van der Waals surface area contributed by atoms with Crippen LogP contribution < -0.4 is 0 Å². The summed E-state index contributed by atoms with van der Waals surface area (Å²) in [6, 6.07) is 10.3. The van der Waals surface area contributed by atoms with E-state index in [0.29, 0.717) is 26.1 Å². The van der Waals surface area contributed by atoms with Crippen LogP contribution in [0.15, 0.2) is 41.9 Å². The number of aromatic nitrogens is 2. The number of amides is 1. The summed E-state index contributed by atoms with van der Waals surface area (Å²) >= 11 is 1.70. The Bertz CT molecular complexity index is 870. The minimum absolute atomic E-state index is 0.0805. The van der Waals surface area contributed by atoms with E-state index in [1.807, 2.05) is 27.8 Å². The molecule has 3 heterocycles. The maximum absolute atomic E-state index is 12.9. The molecule has 3 aromatic rings. The fourth-order valence-corrected chi connectivity index (χ4v) is 4.30. The largest absolute Gasteiger partial charge is 0.382 e. The van der Waals surface area contributed by atoms with Gasteiger partial charge in [0.15, 0.2) is 0 Å². The Labute approximate surface area is 144 Å². The standard InChI is InChI=1S/C18H19N3O2S/c1-23-11-15-10-20(9-14-6-7-19-21(14)15)18(22)8-13-12-24-17-5-3-2-4-16(13)17/h2-7,12,15H,8-11H2,1H3. The van der Waals surface area contributed by atoms with Gasteiger partial charge in [0.25, 0.3) is 0 Å². The summed E-state index contributed by atoms with van der Waals surface area (Å²) in [5.74, 6) is 0.159. The van der Waals surface area contributed by atoms with Crippen LogP contribution in [-0.2, 0) is 22.5 Å². The Morgan fingerprint density at radius 1 is 1.38 bits per heavy atom. The first kappa shape index (κ1) is 15.4. The topological polar surface area (TPSA) is 47.4 Å². The van der Waals surface area contributed by atoms with Crippen LogP contribution in [0.4, 0.5) is 0 Å². The van der Waals surface area contributed by atoms with E-state index in [-0.39, 0.29) is 11.9 Å². The number of methoxy groups -OCH3 is 1. The normalized spacial score (nSPS) is 17.2. The summed E-state index contributed by atoms with van der Waals surface area (Å²) in [6.07, 6.45) is 2.23. The van der Waals surface area contributed by atoms with E-state index in [0.717, 1.165) is 11.3 Å². The molecule has 1 aliphatic heterocycles. The van der Waals surface area contributed by atoms with Crippen molar-refractivity contribution in [1.29, 1.82) is 0 Å². The van der Waals surface area contributed by atoms with Crippen LogP contribution in [0.25, 0.3) is 10.1 Å². The third kappa shape index (κ3) is 2.72. The zero-order valence-electron chi connectivity index (χ0n) is 13.5. The molecule has 1 amide bonds. The Balaban J connectivity index is 1.54. The Morgan fingerprint density at radius 3 is 3.12 bits per heavy atom. The van der Waals surface area contributed by atoms with Gasteiger partial charge >= 0.3 is 0 Å². The number of hydrogen-bond donors (Lipinski definition) is 0. The Hall–Kier alpha value is -2.18. The summed E-state index contributed by atoms with van der Waals surface area (Å²) in [5, 5.41) is 7.65. The van der Waals surface area contributed by atoms with Crippen LogP contribution >= 0.6 is 11.3 Å². The van der Waals surface area contributed by atoms with Crippen LogP contribution in [0.2, 0.25) is 0 Å². The number of carbonyl (C=O) groups is 1. The van der Waals surface area contributed by atoms with E-state index in [1.165, 1.54) is 10.1 Å². The second-order valence-corrected chi connectivity index (χ2v) is 7.00. The number of ether oxygens (including phenoxy) is 1. The van der Waals surface area contributed by atoms with Gasteiger partial charge in [-0.2, -0.15) is 5.10 Å². The molecule has 4 rings (SSSR count). The van der Waals surface area contributed by atoms with Crippen molar-refractivity contribution in [3.63, 3.8) is 0 Å². The molecule has 5 nitrogen and oxygen atoms in total. The van der Waals surface area contributed by atoms with Crippen molar-refractivity contribution in [2.24, 2.45) is 0 Å². The maximum Gasteiger partial charge on any atom is 0.227 e. The highest BCUT2D eigenvalue weighted by Crippen LogP contribution is 2.27. The fourth-order valence-electron chi connectivity index (χ4n) is 3.34. The third-order valence-corrected chi connectivity index (χ3v) is 5.51. The van der Waals surface area contributed by atoms with E-state index in [4.69, 9.17) is 4.74 Å². The highest BCUT2D eigenvalue weighted by molar-refractivity contribution is 7.17. The van der Waals surface area contributed by atoms with Crippen LogP contribution in [0, 0.1) is 0 Å². The zero-order valence-corrected chi connectivity index (χ0v) is 14.3. The molecule has 124 valence electrons. The van der Waals surface area contributed by atoms with Gasteiger partial charge < -0.3 is 9.64 Å². The number of hydrogen-bond acceptors (Lipinski definition) is 4. The van der Waals surface area contributed by atoms with E-state index < -0.39 is 0 Å². The van der Waals surface area contributed by atoms with Gasteiger partial charge in [0.05, 0.1) is 31.3 Å². The lowest BCUT2D eigenvalue weighted by atomic mass is 10.1. The molecule has 1 unspecified atom stereocenters. The summed E-state index contributed by atoms with van der Waals surface area (Å²) < 4.78 is 8.51. The van der Waals surface area contributed by atoms with Gasteiger partial charge in [-0.05, 0) is 28.5 Å². The Kier molecular flexibility index (Phi) is 4.08. The number of thiophene rings is 1. The van der Waals surface area contributed by atoms with Gasteiger partial charge in [-0.1, -0.05) is 18.2 Å². The summed E-state index contributed by atoms with van der Waals surface area (Å²) in [7, 11) is 1.68. The monoisotopic (exact) mass is 341 g/mol. The fraction of sp³-hybridized carbons (Fsp3) is 0.333. The molecule has 6 heteroatoms. The van der Waals surface area contributed by atoms with Gasteiger partial charge in [-0.15, -0.1) is 11.3 Å². The SMILES string of the molecule is COCC1CN(C(=O)Cc2csc3ccccc23)Cc2ccnn21. The average Bonchev–Trinajstić information content (AvgIpc) is 3.22. The van der Waals surface area contributed by atoms with Gasteiger partial charge in [-0.25, -0.2) is 0 Å².